The van der Waals surface area contributed by atoms with E-state index in [4.69, 9.17) is 11.6 Å². The van der Waals surface area contributed by atoms with Gasteiger partial charge in [0.25, 0.3) is 0 Å². The zero-order chi connectivity index (χ0) is 15.5. The molecule has 0 saturated carbocycles. The second kappa shape index (κ2) is 6.43. The third-order valence-corrected chi connectivity index (χ3v) is 4.79. The van der Waals surface area contributed by atoms with Gasteiger partial charge < -0.3 is 5.32 Å². The fourth-order valence-corrected chi connectivity index (χ4v) is 3.21. The highest BCUT2D eigenvalue weighted by Crippen LogP contribution is 2.19. The predicted octanol–water partition coefficient (Wildman–Crippen LogP) is 2.82. The Morgan fingerprint density at radius 1 is 1.19 bits per heavy atom. The lowest BCUT2D eigenvalue weighted by molar-refractivity contribution is 0.567. The Labute approximate surface area is 129 Å². The van der Waals surface area contributed by atoms with Gasteiger partial charge in [-0.15, -0.1) is 0 Å². The topological polar surface area (TPSA) is 71.1 Å². The second-order valence-electron chi connectivity index (χ2n) is 4.52. The van der Waals surface area contributed by atoms with E-state index in [0.717, 1.165) is 5.56 Å². The van der Waals surface area contributed by atoms with Gasteiger partial charge in [0.2, 0.25) is 10.0 Å². The van der Waals surface area contributed by atoms with Gasteiger partial charge in [0.1, 0.15) is 5.82 Å². The Morgan fingerprint density at radius 2 is 1.86 bits per heavy atom. The molecular formula is C14H16ClN3O2S. The molecule has 0 radical (unpaired) electrons. The van der Waals surface area contributed by atoms with Crippen LogP contribution in [0.4, 0.5) is 5.82 Å². The molecule has 7 heteroatoms. The molecule has 1 unspecified atom stereocenters. The normalized spacial score (nSPS) is 12.9. The third kappa shape index (κ3) is 3.93. The highest BCUT2D eigenvalue weighted by atomic mass is 35.5. The van der Waals surface area contributed by atoms with Gasteiger partial charge in [-0.05, 0) is 30.7 Å². The van der Waals surface area contributed by atoms with E-state index in [9.17, 15) is 8.42 Å². The van der Waals surface area contributed by atoms with E-state index in [-0.39, 0.29) is 10.9 Å². The molecule has 0 amide bonds. The molecule has 2 aromatic rings. The second-order valence-corrected chi connectivity index (χ2v) is 6.67. The van der Waals surface area contributed by atoms with Crippen LogP contribution in [0.15, 0.2) is 47.5 Å². The number of nitrogens with one attached hydrogen (secondary N) is 2. The molecule has 0 spiro atoms. The lowest BCUT2D eigenvalue weighted by Gasteiger charge is -2.15. The lowest BCUT2D eigenvalue weighted by Crippen LogP contribution is -2.27. The quantitative estimate of drug-likeness (QED) is 0.886. The smallest absolute Gasteiger partial charge is 0.241 e. The number of aromatic nitrogens is 1. The minimum atomic E-state index is -3.61. The van der Waals surface area contributed by atoms with Gasteiger partial charge in [0.15, 0.2) is 0 Å². The fraction of sp³-hybridized carbons (Fsp3) is 0.214. The molecule has 112 valence electrons. The van der Waals surface area contributed by atoms with Crippen molar-refractivity contribution in [1.29, 1.82) is 0 Å². The molecule has 1 heterocycles. The number of anilines is 1. The maximum absolute atomic E-state index is 12.4. The van der Waals surface area contributed by atoms with Crippen molar-refractivity contribution in [2.75, 3.05) is 12.4 Å². The van der Waals surface area contributed by atoms with E-state index in [0.29, 0.717) is 10.8 Å². The van der Waals surface area contributed by atoms with Gasteiger partial charge >= 0.3 is 0 Å². The van der Waals surface area contributed by atoms with Crippen molar-refractivity contribution in [1.82, 2.24) is 9.71 Å². The minimum Gasteiger partial charge on any atom is -0.373 e. The Morgan fingerprint density at radius 3 is 2.48 bits per heavy atom. The zero-order valence-corrected chi connectivity index (χ0v) is 13.2. The van der Waals surface area contributed by atoms with Crippen molar-refractivity contribution in [3.8, 4) is 0 Å². The van der Waals surface area contributed by atoms with Crippen molar-refractivity contribution >= 4 is 27.4 Å². The average Bonchev–Trinajstić information content (AvgIpc) is 2.47. The first-order valence-corrected chi connectivity index (χ1v) is 8.20. The van der Waals surface area contributed by atoms with E-state index in [1.165, 1.54) is 18.3 Å². The molecule has 1 aromatic carbocycles. The molecule has 21 heavy (non-hydrogen) atoms. The molecular weight excluding hydrogens is 310 g/mol. The van der Waals surface area contributed by atoms with Crippen LogP contribution in [0.25, 0.3) is 0 Å². The summed E-state index contributed by atoms with van der Waals surface area (Å²) in [6.07, 6.45) is 1.45. The van der Waals surface area contributed by atoms with E-state index < -0.39 is 10.0 Å². The molecule has 2 rings (SSSR count). The van der Waals surface area contributed by atoms with E-state index in [2.05, 4.69) is 15.0 Å². The molecule has 0 bridgehead atoms. The van der Waals surface area contributed by atoms with Gasteiger partial charge in [0, 0.05) is 30.4 Å². The number of nitrogens with zero attached hydrogens (tertiary/aromatic N) is 1. The summed E-state index contributed by atoms with van der Waals surface area (Å²) in [6.45, 7) is 1.78. The summed E-state index contributed by atoms with van der Waals surface area (Å²) in [4.78, 5) is 4.17. The number of hydrogen-bond acceptors (Lipinski definition) is 4. The maximum atomic E-state index is 12.4. The maximum Gasteiger partial charge on any atom is 0.241 e. The summed E-state index contributed by atoms with van der Waals surface area (Å²) < 4.78 is 27.3. The van der Waals surface area contributed by atoms with Gasteiger partial charge in [-0.2, -0.15) is 0 Å². The van der Waals surface area contributed by atoms with Crippen molar-refractivity contribution in [3.05, 3.63) is 53.2 Å². The van der Waals surface area contributed by atoms with Crippen LogP contribution in [0.2, 0.25) is 5.02 Å². The largest absolute Gasteiger partial charge is 0.373 e. The van der Waals surface area contributed by atoms with Crippen molar-refractivity contribution in [3.63, 3.8) is 0 Å². The molecule has 0 fully saturated rings. The van der Waals surface area contributed by atoms with E-state index in [1.807, 2.05) is 0 Å². The lowest BCUT2D eigenvalue weighted by atomic mass is 10.1. The number of rotatable bonds is 5. The Kier molecular flexibility index (Phi) is 4.82. The number of halogens is 1. The van der Waals surface area contributed by atoms with Crippen molar-refractivity contribution in [2.24, 2.45) is 0 Å². The number of pyridine rings is 1. The van der Waals surface area contributed by atoms with Crippen LogP contribution in [-0.4, -0.2) is 20.4 Å². The Hall–Kier alpha value is -1.63. The Balaban J connectivity index is 2.22. The monoisotopic (exact) mass is 325 g/mol. The highest BCUT2D eigenvalue weighted by Gasteiger charge is 2.18. The van der Waals surface area contributed by atoms with Crippen molar-refractivity contribution < 1.29 is 8.42 Å². The first-order chi connectivity index (χ1) is 9.92. The first kappa shape index (κ1) is 15.8. The van der Waals surface area contributed by atoms with Crippen LogP contribution < -0.4 is 10.0 Å². The van der Waals surface area contributed by atoms with Crippen molar-refractivity contribution in [2.45, 2.75) is 17.9 Å². The van der Waals surface area contributed by atoms with Gasteiger partial charge in [-0.3, -0.25) is 0 Å². The molecule has 0 aliphatic carbocycles. The molecule has 2 N–H and O–H groups in total. The van der Waals surface area contributed by atoms with E-state index >= 15 is 0 Å². The number of sulfonamides is 1. The number of hydrogen-bond donors (Lipinski definition) is 2. The van der Waals surface area contributed by atoms with Crippen LogP contribution in [0.5, 0.6) is 0 Å². The molecule has 5 nitrogen and oxygen atoms in total. The first-order valence-electron chi connectivity index (χ1n) is 6.34. The van der Waals surface area contributed by atoms with Gasteiger partial charge in [0.05, 0.1) is 4.90 Å². The van der Waals surface area contributed by atoms with Crippen LogP contribution >= 0.6 is 11.6 Å². The molecule has 1 aromatic heterocycles. The molecule has 0 saturated heterocycles. The van der Waals surface area contributed by atoms with Crippen LogP contribution in [0.3, 0.4) is 0 Å². The van der Waals surface area contributed by atoms with Crippen LogP contribution in [0, 0.1) is 0 Å². The van der Waals surface area contributed by atoms with Gasteiger partial charge in [-0.25, -0.2) is 18.1 Å². The average molecular weight is 326 g/mol. The summed E-state index contributed by atoms with van der Waals surface area (Å²) in [5, 5.41) is 3.43. The molecule has 1 atom stereocenters. The standard InChI is InChI=1S/C14H16ClN3O2S/c1-10(11-3-5-12(15)6-4-11)18-21(19,20)13-7-8-17-14(9-13)16-2/h3-10,18H,1-2H3,(H,16,17). The number of benzene rings is 1. The minimum absolute atomic E-state index is 0.169. The SMILES string of the molecule is CNc1cc(S(=O)(=O)NC(C)c2ccc(Cl)cc2)ccn1. The summed E-state index contributed by atoms with van der Waals surface area (Å²) in [5.74, 6) is 0.497. The summed E-state index contributed by atoms with van der Waals surface area (Å²) in [7, 11) is -1.93. The third-order valence-electron chi connectivity index (χ3n) is 3.00. The van der Waals surface area contributed by atoms with Crippen LogP contribution in [0.1, 0.15) is 18.5 Å². The summed E-state index contributed by atoms with van der Waals surface area (Å²) in [5.41, 5.74) is 0.839. The van der Waals surface area contributed by atoms with Gasteiger partial charge in [-0.1, -0.05) is 23.7 Å². The van der Waals surface area contributed by atoms with Crippen LogP contribution in [-0.2, 0) is 10.0 Å². The summed E-state index contributed by atoms with van der Waals surface area (Å²) in [6, 6.07) is 9.62. The molecule has 0 aliphatic heterocycles. The van der Waals surface area contributed by atoms with E-state index in [1.54, 1.807) is 38.2 Å². The molecule has 0 aliphatic rings. The predicted molar refractivity (Wildman–Crippen MR) is 84.0 cm³/mol. The zero-order valence-electron chi connectivity index (χ0n) is 11.7. The summed E-state index contributed by atoms with van der Waals surface area (Å²) >= 11 is 5.83. The highest BCUT2D eigenvalue weighted by molar-refractivity contribution is 7.89. The fourth-order valence-electron chi connectivity index (χ4n) is 1.84. The Bertz CT molecular complexity index is 717.